The minimum Gasteiger partial charge on any atom is -0.316 e. The van der Waals surface area contributed by atoms with E-state index in [9.17, 15) is 0 Å². The number of piperidine rings is 1. The summed E-state index contributed by atoms with van der Waals surface area (Å²) < 4.78 is 3.24. The molecule has 0 amide bonds. The number of hydrogen-bond donors (Lipinski definition) is 1. The van der Waals surface area contributed by atoms with E-state index in [0.717, 1.165) is 17.6 Å². The fourth-order valence-electron chi connectivity index (χ4n) is 2.78. The topological polar surface area (TPSA) is 29.9 Å². The number of aromatic nitrogens is 2. The molecule has 0 bridgehead atoms. The van der Waals surface area contributed by atoms with Gasteiger partial charge in [0.15, 0.2) is 0 Å². The minimum absolute atomic E-state index is 0.711. The van der Waals surface area contributed by atoms with Gasteiger partial charge in [0.25, 0.3) is 0 Å². The number of nitrogens with zero attached hydrogens (tertiary/aromatic N) is 2. The van der Waals surface area contributed by atoms with E-state index in [0.29, 0.717) is 5.92 Å². The lowest BCUT2D eigenvalue weighted by molar-refractivity contribution is 0.325. The fraction of sp³-hybridized carbons (Fsp3) is 0.438. The Morgan fingerprint density at radius 1 is 1.40 bits per heavy atom. The van der Waals surface area contributed by atoms with Gasteiger partial charge in [-0.1, -0.05) is 28.1 Å². The van der Waals surface area contributed by atoms with E-state index in [1.807, 2.05) is 6.20 Å². The summed E-state index contributed by atoms with van der Waals surface area (Å²) in [6.07, 6.45) is 6.72. The van der Waals surface area contributed by atoms with Gasteiger partial charge in [0.1, 0.15) is 0 Å². The Balaban J connectivity index is 1.73. The van der Waals surface area contributed by atoms with Crippen LogP contribution in [0.15, 0.2) is 35.1 Å². The molecule has 0 aliphatic carbocycles. The largest absolute Gasteiger partial charge is 0.316 e. The van der Waals surface area contributed by atoms with Crippen LogP contribution in [0.2, 0.25) is 0 Å². The molecule has 0 spiro atoms. The van der Waals surface area contributed by atoms with Crippen LogP contribution in [0, 0.1) is 12.8 Å². The molecule has 2 heterocycles. The van der Waals surface area contributed by atoms with Crippen LogP contribution in [0.4, 0.5) is 0 Å². The second kappa shape index (κ2) is 6.10. The summed E-state index contributed by atoms with van der Waals surface area (Å²) in [5.41, 5.74) is 3.69. The van der Waals surface area contributed by atoms with Crippen molar-refractivity contribution >= 4 is 15.9 Å². The Kier molecular flexibility index (Phi) is 4.22. The first-order chi connectivity index (χ1) is 9.72. The third-order valence-corrected chi connectivity index (χ3v) is 4.86. The molecule has 1 atom stereocenters. The molecule has 106 valence electrons. The molecular weight excluding hydrogens is 314 g/mol. The SMILES string of the molecule is Cc1cc(-c2cnn(CC3CCCNC3)c2)ccc1Br. The molecule has 2 aromatic rings. The van der Waals surface area contributed by atoms with Gasteiger partial charge in [-0.25, -0.2) is 0 Å². The lowest BCUT2D eigenvalue weighted by atomic mass is 10.00. The van der Waals surface area contributed by atoms with Crippen LogP contribution in [-0.4, -0.2) is 22.9 Å². The quantitative estimate of drug-likeness (QED) is 0.929. The van der Waals surface area contributed by atoms with Gasteiger partial charge in [-0.15, -0.1) is 0 Å². The molecular formula is C16H20BrN3. The van der Waals surface area contributed by atoms with Crippen molar-refractivity contribution in [2.75, 3.05) is 13.1 Å². The van der Waals surface area contributed by atoms with E-state index in [1.165, 1.54) is 36.1 Å². The van der Waals surface area contributed by atoms with Gasteiger partial charge in [-0.2, -0.15) is 5.10 Å². The van der Waals surface area contributed by atoms with E-state index in [2.05, 4.69) is 62.3 Å². The lowest BCUT2D eigenvalue weighted by Crippen LogP contribution is -2.32. The van der Waals surface area contributed by atoms with Gasteiger partial charge in [0.2, 0.25) is 0 Å². The van der Waals surface area contributed by atoms with Gasteiger partial charge in [-0.3, -0.25) is 4.68 Å². The summed E-state index contributed by atoms with van der Waals surface area (Å²) in [6, 6.07) is 6.45. The van der Waals surface area contributed by atoms with Crippen molar-refractivity contribution in [3.05, 3.63) is 40.6 Å². The van der Waals surface area contributed by atoms with Gasteiger partial charge < -0.3 is 5.32 Å². The smallest absolute Gasteiger partial charge is 0.0568 e. The second-order valence-electron chi connectivity index (χ2n) is 5.63. The molecule has 0 radical (unpaired) electrons. The maximum absolute atomic E-state index is 4.52. The number of hydrogen-bond acceptors (Lipinski definition) is 2. The molecule has 3 rings (SSSR count). The van der Waals surface area contributed by atoms with Crippen molar-refractivity contribution in [2.45, 2.75) is 26.3 Å². The highest BCUT2D eigenvalue weighted by Crippen LogP contribution is 2.25. The van der Waals surface area contributed by atoms with Crippen LogP contribution in [0.1, 0.15) is 18.4 Å². The second-order valence-corrected chi connectivity index (χ2v) is 6.48. The zero-order valence-electron chi connectivity index (χ0n) is 11.8. The number of rotatable bonds is 3. The zero-order chi connectivity index (χ0) is 13.9. The van der Waals surface area contributed by atoms with E-state index >= 15 is 0 Å². The number of nitrogens with one attached hydrogen (secondary N) is 1. The molecule has 20 heavy (non-hydrogen) atoms. The normalized spacial score (nSPS) is 19.2. The number of halogens is 1. The Morgan fingerprint density at radius 3 is 3.05 bits per heavy atom. The van der Waals surface area contributed by atoms with Crippen molar-refractivity contribution in [2.24, 2.45) is 5.92 Å². The highest BCUT2D eigenvalue weighted by atomic mass is 79.9. The zero-order valence-corrected chi connectivity index (χ0v) is 13.4. The van der Waals surface area contributed by atoms with Crippen molar-refractivity contribution in [1.82, 2.24) is 15.1 Å². The van der Waals surface area contributed by atoms with Gasteiger partial charge in [-0.05, 0) is 56.0 Å². The highest BCUT2D eigenvalue weighted by molar-refractivity contribution is 9.10. The maximum atomic E-state index is 4.52. The Bertz CT molecular complexity index is 585. The number of benzene rings is 1. The summed E-state index contributed by atoms with van der Waals surface area (Å²) >= 11 is 3.55. The van der Waals surface area contributed by atoms with Crippen molar-refractivity contribution in [3.8, 4) is 11.1 Å². The fourth-order valence-corrected chi connectivity index (χ4v) is 3.03. The van der Waals surface area contributed by atoms with Crippen molar-refractivity contribution in [3.63, 3.8) is 0 Å². The lowest BCUT2D eigenvalue weighted by Gasteiger charge is -2.22. The Labute approximate surface area is 128 Å². The van der Waals surface area contributed by atoms with Gasteiger partial charge in [0, 0.05) is 22.8 Å². The molecule has 1 fully saturated rings. The minimum atomic E-state index is 0.711. The van der Waals surface area contributed by atoms with Crippen LogP contribution in [0.25, 0.3) is 11.1 Å². The first-order valence-electron chi connectivity index (χ1n) is 7.22. The summed E-state index contributed by atoms with van der Waals surface area (Å²) in [5, 5.41) is 7.98. The monoisotopic (exact) mass is 333 g/mol. The maximum Gasteiger partial charge on any atom is 0.0568 e. The molecule has 1 aromatic heterocycles. The van der Waals surface area contributed by atoms with Crippen LogP contribution in [0.5, 0.6) is 0 Å². The van der Waals surface area contributed by atoms with E-state index in [4.69, 9.17) is 0 Å². The van der Waals surface area contributed by atoms with E-state index < -0.39 is 0 Å². The number of aryl methyl sites for hydroxylation is 1. The Morgan fingerprint density at radius 2 is 2.30 bits per heavy atom. The standard InChI is InChI=1S/C16H20BrN3/c1-12-7-14(4-5-16(12)17)15-9-19-20(11-15)10-13-3-2-6-18-8-13/h4-5,7,9,11,13,18H,2-3,6,8,10H2,1H3. The third kappa shape index (κ3) is 3.13. The first-order valence-corrected chi connectivity index (χ1v) is 8.01. The molecule has 1 saturated heterocycles. The van der Waals surface area contributed by atoms with Crippen LogP contribution in [0.3, 0.4) is 0 Å². The van der Waals surface area contributed by atoms with Crippen LogP contribution < -0.4 is 5.32 Å². The average Bonchev–Trinajstić information content (AvgIpc) is 2.91. The van der Waals surface area contributed by atoms with Gasteiger partial charge >= 0.3 is 0 Å². The molecule has 0 saturated carbocycles. The molecule has 1 N–H and O–H groups in total. The summed E-state index contributed by atoms with van der Waals surface area (Å²) in [7, 11) is 0. The summed E-state index contributed by atoms with van der Waals surface area (Å²) in [6.45, 7) is 5.42. The first kappa shape index (κ1) is 13.8. The van der Waals surface area contributed by atoms with Crippen molar-refractivity contribution < 1.29 is 0 Å². The summed E-state index contributed by atoms with van der Waals surface area (Å²) in [5.74, 6) is 0.711. The summed E-state index contributed by atoms with van der Waals surface area (Å²) in [4.78, 5) is 0. The van der Waals surface area contributed by atoms with Crippen molar-refractivity contribution in [1.29, 1.82) is 0 Å². The van der Waals surface area contributed by atoms with Gasteiger partial charge in [0.05, 0.1) is 6.20 Å². The molecule has 1 aromatic carbocycles. The third-order valence-electron chi connectivity index (χ3n) is 3.97. The molecule has 1 aliphatic rings. The van der Waals surface area contributed by atoms with Crippen LogP contribution >= 0.6 is 15.9 Å². The Hall–Kier alpha value is -1.13. The van der Waals surface area contributed by atoms with Crippen LogP contribution in [-0.2, 0) is 6.54 Å². The average molecular weight is 334 g/mol. The van der Waals surface area contributed by atoms with E-state index in [1.54, 1.807) is 0 Å². The predicted molar refractivity (Wildman–Crippen MR) is 85.7 cm³/mol. The van der Waals surface area contributed by atoms with E-state index in [-0.39, 0.29) is 0 Å². The predicted octanol–water partition coefficient (Wildman–Crippen LogP) is 3.62. The highest BCUT2D eigenvalue weighted by Gasteiger charge is 2.14. The molecule has 3 nitrogen and oxygen atoms in total. The molecule has 1 unspecified atom stereocenters. The molecule has 1 aliphatic heterocycles. The molecule has 4 heteroatoms.